The van der Waals surface area contributed by atoms with Gasteiger partial charge < -0.3 is 0 Å². The van der Waals surface area contributed by atoms with Crippen LogP contribution in [0.15, 0.2) is 42.0 Å². The Hall–Kier alpha value is -1.60. The van der Waals surface area contributed by atoms with E-state index in [1.807, 2.05) is 0 Å². The second-order valence-corrected chi connectivity index (χ2v) is 11.8. The minimum absolute atomic E-state index is 0.146. The SMILES string of the molecule is CC(C)C1=Cc2c(-c3cc(C(C)(C)C)cc(C(C)(C)C)c3)cccc2C1[SiH3]. The van der Waals surface area contributed by atoms with E-state index in [4.69, 9.17) is 0 Å². The third kappa shape index (κ3) is 3.85. The summed E-state index contributed by atoms with van der Waals surface area (Å²) in [5.41, 5.74) is 11.2. The molecule has 0 bridgehead atoms. The molecule has 0 fully saturated rings. The maximum Gasteiger partial charge on any atom is 0.0175 e. The summed E-state index contributed by atoms with van der Waals surface area (Å²) in [5.74, 6) is 0.624. The van der Waals surface area contributed by atoms with Crippen LogP contribution in [0.2, 0.25) is 0 Å². The Labute approximate surface area is 169 Å². The van der Waals surface area contributed by atoms with Gasteiger partial charge in [-0.1, -0.05) is 103 Å². The van der Waals surface area contributed by atoms with Crippen LogP contribution in [0.25, 0.3) is 17.2 Å². The Balaban J connectivity index is 2.25. The maximum atomic E-state index is 2.49. The van der Waals surface area contributed by atoms with Crippen LogP contribution in [0.3, 0.4) is 0 Å². The predicted molar refractivity (Wildman–Crippen MR) is 125 cm³/mol. The van der Waals surface area contributed by atoms with Crippen molar-refractivity contribution < 1.29 is 0 Å². The Kier molecular flexibility index (Phi) is 5.05. The molecule has 1 aliphatic carbocycles. The van der Waals surface area contributed by atoms with Gasteiger partial charge in [-0.2, -0.15) is 0 Å². The van der Waals surface area contributed by atoms with E-state index in [0.29, 0.717) is 11.5 Å². The Bertz CT molecular complexity index is 853. The zero-order valence-electron chi connectivity index (χ0n) is 18.7. The summed E-state index contributed by atoms with van der Waals surface area (Å²) in [6, 6.07) is 14.2. The van der Waals surface area contributed by atoms with E-state index in [0.717, 1.165) is 0 Å². The number of rotatable bonds is 2. The van der Waals surface area contributed by atoms with Crippen molar-refractivity contribution in [3.05, 3.63) is 64.2 Å². The molecule has 1 unspecified atom stereocenters. The third-order valence-corrected chi connectivity index (χ3v) is 7.35. The van der Waals surface area contributed by atoms with Crippen LogP contribution in [0.4, 0.5) is 0 Å². The molecule has 0 amide bonds. The van der Waals surface area contributed by atoms with Crippen LogP contribution in [0.1, 0.15) is 83.2 Å². The van der Waals surface area contributed by atoms with Gasteiger partial charge in [0.2, 0.25) is 0 Å². The van der Waals surface area contributed by atoms with Crippen LogP contribution >= 0.6 is 0 Å². The maximum absolute atomic E-state index is 2.49. The molecule has 0 nitrogen and oxygen atoms in total. The first-order valence-corrected chi connectivity index (χ1v) is 11.6. The van der Waals surface area contributed by atoms with E-state index < -0.39 is 0 Å². The van der Waals surface area contributed by atoms with Crippen molar-refractivity contribution >= 4 is 16.3 Å². The zero-order chi connectivity index (χ0) is 20.1. The van der Waals surface area contributed by atoms with Crippen LogP contribution in [-0.4, -0.2) is 10.2 Å². The van der Waals surface area contributed by atoms with Crippen LogP contribution in [0.5, 0.6) is 0 Å². The van der Waals surface area contributed by atoms with Crippen molar-refractivity contribution in [3.8, 4) is 11.1 Å². The lowest BCUT2D eigenvalue weighted by molar-refractivity contribution is 0.569. The van der Waals surface area contributed by atoms with Gasteiger partial charge in [0.05, 0.1) is 0 Å². The highest BCUT2D eigenvalue weighted by atomic mass is 28.1. The van der Waals surface area contributed by atoms with Gasteiger partial charge in [0, 0.05) is 10.2 Å². The molecule has 3 rings (SSSR count). The van der Waals surface area contributed by atoms with Crippen molar-refractivity contribution in [1.29, 1.82) is 0 Å². The first-order valence-electron chi connectivity index (χ1n) is 10.4. The van der Waals surface area contributed by atoms with Gasteiger partial charge in [0.25, 0.3) is 0 Å². The second-order valence-electron chi connectivity index (χ2n) is 10.6. The molecular formula is C26H36Si. The lowest BCUT2D eigenvalue weighted by Gasteiger charge is -2.26. The van der Waals surface area contributed by atoms with E-state index in [1.165, 1.54) is 38.1 Å². The highest BCUT2D eigenvalue weighted by molar-refractivity contribution is 6.16. The third-order valence-electron chi connectivity index (χ3n) is 6.06. The summed E-state index contributed by atoms with van der Waals surface area (Å²) in [5, 5.41) is 0. The summed E-state index contributed by atoms with van der Waals surface area (Å²) < 4.78 is 0. The van der Waals surface area contributed by atoms with Crippen molar-refractivity contribution in [2.75, 3.05) is 0 Å². The molecule has 0 aromatic heterocycles. The lowest BCUT2D eigenvalue weighted by Crippen LogP contribution is -2.16. The summed E-state index contributed by atoms with van der Waals surface area (Å²) >= 11 is 0. The minimum Gasteiger partial charge on any atom is -0.0633 e. The standard InChI is InChI=1S/C26H36Si/c1-16(2)22-15-23-20(10-9-11-21(23)24(22)27)17-12-18(25(3,4)5)14-19(13-17)26(6,7)8/h9-16,24H,1-8,27H3. The fourth-order valence-electron chi connectivity index (χ4n) is 4.16. The fourth-order valence-corrected chi connectivity index (χ4v) is 5.50. The van der Waals surface area contributed by atoms with Gasteiger partial charge in [0.15, 0.2) is 0 Å². The molecule has 0 radical (unpaired) electrons. The Morgan fingerprint density at radius 1 is 0.852 bits per heavy atom. The van der Waals surface area contributed by atoms with Crippen molar-refractivity contribution in [2.24, 2.45) is 5.92 Å². The quantitative estimate of drug-likeness (QED) is 0.531. The molecule has 2 aromatic rings. The topological polar surface area (TPSA) is 0 Å². The summed E-state index contributed by atoms with van der Waals surface area (Å²) in [7, 11) is 1.18. The van der Waals surface area contributed by atoms with Gasteiger partial charge in [-0.15, -0.1) is 0 Å². The molecule has 0 saturated heterocycles. The van der Waals surface area contributed by atoms with Gasteiger partial charge in [0.1, 0.15) is 0 Å². The smallest absolute Gasteiger partial charge is 0.0175 e. The molecule has 0 heterocycles. The fraction of sp³-hybridized carbons (Fsp3) is 0.462. The Morgan fingerprint density at radius 3 is 1.89 bits per heavy atom. The van der Waals surface area contributed by atoms with Crippen LogP contribution in [-0.2, 0) is 10.8 Å². The molecule has 1 aliphatic rings. The van der Waals surface area contributed by atoms with Gasteiger partial charge in [-0.25, -0.2) is 0 Å². The van der Waals surface area contributed by atoms with E-state index in [-0.39, 0.29) is 10.8 Å². The largest absolute Gasteiger partial charge is 0.0633 e. The Morgan fingerprint density at radius 2 is 1.41 bits per heavy atom. The number of fused-ring (bicyclic) bond motifs is 1. The van der Waals surface area contributed by atoms with E-state index >= 15 is 0 Å². The van der Waals surface area contributed by atoms with E-state index in [9.17, 15) is 0 Å². The highest BCUT2D eigenvalue weighted by Gasteiger charge is 2.26. The molecule has 0 aliphatic heterocycles. The van der Waals surface area contributed by atoms with Crippen LogP contribution < -0.4 is 0 Å². The highest BCUT2D eigenvalue weighted by Crippen LogP contribution is 2.43. The van der Waals surface area contributed by atoms with Crippen molar-refractivity contribution in [2.45, 2.75) is 71.8 Å². The molecule has 0 saturated carbocycles. The first kappa shape index (κ1) is 20.1. The molecule has 1 atom stereocenters. The van der Waals surface area contributed by atoms with Gasteiger partial charge >= 0.3 is 0 Å². The van der Waals surface area contributed by atoms with Crippen molar-refractivity contribution in [3.63, 3.8) is 0 Å². The summed E-state index contributed by atoms with van der Waals surface area (Å²) in [4.78, 5) is 0. The zero-order valence-corrected chi connectivity index (χ0v) is 20.7. The number of hydrogen-bond donors (Lipinski definition) is 0. The molecule has 27 heavy (non-hydrogen) atoms. The van der Waals surface area contributed by atoms with Crippen molar-refractivity contribution in [1.82, 2.24) is 0 Å². The molecule has 144 valence electrons. The monoisotopic (exact) mass is 376 g/mol. The molecule has 2 aromatic carbocycles. The predicted octanol–water partition coefficient (Wildman–Crippen LogP) is 6.41. The number of benzene rings is 2. The van der Waals surface area contributed by atoms with Crippen LogP contribution in [0, 0.1) is 5.92 Å². The lowest BCUT2D eigenvalue weighted by atomic mass is 9.78. The normalized spacial score (nSPS) is 17.4. The summed E-state index contributed by atoms with van der Waals surface area (Å²) in [6.45, 7) is 18.6. The molecule has 0 N–H and O–H groups in total. The number of hydrogen-bond acceptors (Lipinski definition) is 0. The minimum atomic E-state index is 0.146. The second kappa shape index (κ2) is 6.78. The molecule has 0 spiro atoms. The average Bonchev–Trinajstić information content (AvgIpc) is 2.90. The summed E-state index contributed by atoms with van der Waals surface area (Å²) in [6.07, 6.45) is 2.49. The molecule has 1 heteroatoms. The van der Waals surface area contributed by atoms with E-state index in [2.05, 4.69) is 97.9 Å². The molecular weight excluding hydrogens is 340 g/mol. The number of allylic oxidation sites excluding steroid dienone is 1. The average molecular weight is 377 g/mol. The van der Waals surface area contributed by atoms with Gasteiger partial charge in [-0.3, -0.25) is 0 Å². The first-order chi connectivity index (χ1) is 12.4. The van der Waals surface area contributed by atoms with Gasteiger partial charge in [-0.05, 0) is 55.7 Å². The van der Waals surface area contributed by atoms with E-state index in [1.54, 1.807) is 11.1 Å².